The molecular weight excluding hydrogens is 194 g/mol. The van der Waals surface area contributed by atoms with Crippen LogP contribution in [0.3, 0.4) is 0 Å². The lowest BCUT2D eigenvalue weighted by Crippen LogP contribution is -2.07. The van der Waals surface area contributed by atoms with Crippen molar-refractivity contribution in [2.24, 2.45) is 0 Å². The van der Waals surface area contributed by atoms with Gasteiger partial charge in [-0.3, -0.25) is 0 Å². The van der Waals surface area contributed by atoms with Crippen LogP contribution in [0, 0.1) is 0 Å². The Labute approximate surface area is 84.3 Å². The summed E-state index contributed by atoms with van der Waals surface area (Å²) in [5.41, 5.74) is 0. The number of hydrogen-bond donors (Lipinski definition) is 0. The molecule has 2 aromatic carbocycles. The summed E-state index contributed by atoms with van der Waals surface area (Å²) in [6.07, 6.45) is 0. The molecule has 2 rings (SSSR count). The minimum absolute atomic E-state index is 0.772. The van der Waals surface area contributed by atoms with E-state index in [9.17, 15) is 4.20 Å². The second kappa shape index (κ2) is 4.34. The minimum Gasteiger partial charge on any atom is -0.217 e. The smallest absolute Gasteiger partial charge is 0.144 e. The summed E-state index contributed by atoms with van der Waals surface area (Å²) < 4.78 is 13.9. The van der Waals surface area contributed by atoms with E-state index in [0.29, 0.717) is 0 Å². The number of rotatable bonds is 2. The molecule has 0 atom stereocenters. The standard InChI is InChI=1S/C12H10FP/c13-14(11-7-3-1-4-8-11)12-9-5-2-6-10-12/h1-10H. The highest BCUT2D eigenvalue weighted by Crippen LogP contribution is 2.34. The van der Waals surface area contributed by atoms with Crippen LogP contribution < -0.4 is 10.6 Å². The van der Waals surface area contributed by atoms with E-state index < -0.39 is 8.23 Å². The Morgan fingerprint density at radius 3 is 1.36 bits per heavy atom. The Hall–Kier alpha value is -1.20. The number of benzene rings is 2. The molecule has 0 aromatic heterocycles. The molecule has 14 heavy (non-hydrogen) atoms. The van der Waals surface area contributed by atoms with Gasteiger partial charge < -0.3 is 0 Å². The Bertz CT molecular complexity index is 346. The van der Waals surface area contributed by atoms with Gasteiger partial charge in [0.2, 0.25) is 0 Å². The van der Waals surface area contributed by atoms with Gasteiger partial charge in [-0.2, -0.15) is 0 Å². The molecule has 0 radical (unpaired) electrons. The molecular formula is C12H10FP. The maximum Gasteiger partial charge on any atom is 0.144 e. The van der Waals surface area contributed by atoms with Crippen LogP contribution in [0.5, 0.6) is 0 Å². The third-order valence-electron chi connectivity index (χ3n) is 1.97. The van der Waals surface area contributed by atoms with Crippen LogP contribution in [0.4, 0.5) is 4.20 Å². The lowest BCUT2D eigenvalue weighted by Gasteiger charge is -2.06. The van der Waals surface area contributed by atoms with Crippen molar-refractivity contribution >= 4 is 18.8 Å². The van der Waals surface area contributed by atoms with E-state index in [2.05, 4.69) is 0 Å². The van der Waals surface area contributed by atoms with E-state index in [1.54, 1.807) is 0 Å². The van der Waals surface area contributed by atoms with Crippen molar-refractivity contribution in [3.63, 3.8) is 0 Å². The molecule has 0 aliphatic carbocycles. The van der Waals surface area contributed by atoms with Crippen molar-refractivity contribution in [2.75, 3.05) is 0 Å². The molecule has 0 bridgehead atoms. The predicted molar refractivity (Wildman–Crippen MR) is 60.2 cm³/mol. The third kappa shape index (κ3) is 2.00. The largest absolute Gasteiger partial charge is 0.217 e. The zero-order chi connectivity index (χ0) is 9.80. The zero-order valence-corrected chi connectivity index (χ0v) is 8.49. The van der Waals surface area contributed by atoms with Gasteiger partial charge in [0.05, 0.1) is 0 Å². The third-order valence-corrected chi connectivity index (χ3v) is 3.47. The fourth-order valence-electron chi connectivity index (χ4n) is 1.27. The predicted octanol–water partition coefficient (Wildman–Crippen LogP) is 3.00. The first-order chi connectivity index (χ1) is 6.88. The quantitative estimate of drug-likeness (QED) is 0.659. The van der Waals surface area contributed by atoms with Crippen LogP contribution in [-0.4, -0.2) is 0 Å². The average molecular weight is 204 g/mol. The second-order valence-corrected chi connectivity index (χ2v) is 4.55. The maximum atomic E-state index is 13.9. The van der Waals surface area contributed by atoms with Gasteiger partial charge in [-0.05, 0) is 0 Å². The van der Waals surface area contributed by atoms with Crippen LogP contribution in [-0.2, 0) is 0 Å². The minimum atomic E-state index is -1.67. The van der Waals surface area contributed by atoms with Crippen LogP contribution in [0.2, 0.25) is 0 Å². The van der Waals surface area contributed by atoms with Gasteiger partial charge in [0.25, 0.3) is 0 Å². The SMILES string of the molecule is FP(c1ccccc1)c1ccccc1. The molecule has 0 unspecified atom stereocenters. The van der Waals surface area contributed by atoms with Gasteiger partial charge in [-0.15, -0.1) is 0 Å². The number of halogens is 1. The lowest BCUT2D eigenvalue weighted by atomic mass is 10.4. The summed E-state index contributed by atoms with van der Waals surface area (Å²) in [7, 11) is -1.67. The van der Waals surface area contributed by atoms with Gasteiger partial charge >= 0.3 is 0 Å². The van der Waals surface area contributed by atoms with Gasteiger partial charge in [0.15, 0.2) is 0 Å². The van der Waals surface area contributed by atoms with E-state index in [-0.39, 0.29) is 0 Å². The van der Waals surface area contributed by atoms with Crippen molar-refractivity contribution in [3.05, 3.63) is 60.7 Å². The molecule has 70 valence electrons. The Morgan fingerprint density at radius 2 is 1.00 bits per heavy atom. The van der Waals surface area contributed by atoms with Gasteiger partial charge in [0, 0.05) is 10.6 Å². The highest BCUT2D eigenvalue weighted by atomic mass is 31.2. The zero-order valence-electron chi connectivity index (χ0n) is 7.60. The van der Waals surface area contributed by atoms with Crippen molar-refractivity contribution < 1.29 is 4.20 Å². The fourth-order valence-corrected chi connectivity index (χ4v) is 2.43. The summed E-state index contributed by atoms with van der Waals surface area (Å²) in [5, 5.41) is 1.54. The van der Waals surface area contributed by atoms with E-state index in [4.69, 9.17) is 0 Å². The summed E-state index contributed by atoms with van der Waals surface area (Å²) in [6, 6.07) is 18.6. The molecule has 2 heteroatoms. The first-order valence-corrected chi connectivity index (χ1v) is 5.67. The van der Waals surface area contributed by atoms with E-state index in [0.717, 1.165) is 10.6 Å². The van der Waals surface area contributed by atoms with Crippen LogP contribution in [0.25, 0.3) is 0 Å². The summed E-state index contributed by atoms with van der Waals surface area (Å²) in [6.45, 7) is 0. The molecule has 0 N–H and O–H groups in total. The van der Waals surface area contributed by atoms with Crippen molar-refractivity contribution in [3.8, 4) is 0 Å². The van der Waals surface area contributed by atoms with Gasteiger partial charge in [-0.1, -0.05) is 60.7 Å². The Morgan fingerprint density at radius 1 is 0.643 bits per heavy atom. The summed E-state index contributed by atoms with van der Waals surface area (Å²) in [5.74, 6) is 0. The first-order valence-electron chi connectivity index (χ1n) is 4.44. The molecule has 0 saturated carbocycles. The molecule has 0 nitrogen and oxygen atoms in total. The van der Waals surface area contributed by atoms with Gasteiger partial charge in [-0.25, -0.2) is 4.20 Å². The first kappa shape index (κ1) is 9.36. The van der Waals surface area contributed by atoms with Crippen LogP contribution >= 0.6 is 8.23 Å². The molecule has 0 saturated heterocycles. The highest BCUT2D eigenvalue weighted by Gasteiger charge is 2.11. The van der Waals surface area contributed by atoms with Crippen molar-refractivity contribution in [2.45, 2.75) is 0 Å². The summed E-state index contributed by atoms with van der Waals surface area (Å²) in [4.78, 5) is 0. The second-order valence-electron chi connectivity index (χ2n) is 2.95. The number of hydrogen-bond acceptors (Lipinski definition) is 0. The molecule has 0 aliphatic rings. The lowest BCUT2D eigenvalue weighted by molar-refractivity contribution is 0.916. The normalized spacial score (nSPS) is 10.4. The Kier molecular flexibility index (Phi) is 2.90. The fraction of sp³-hybridized carbons (Fsp3) is 0. The topological polar surface area (TPSA) is 0 Å². The Balaban J connectivity index is 2.30. The summed E-state index contributed by atoms with van der Waals surface area (Å²) >= 11 is 0. The molecule has 0 spiro atoms. The molecule has 0 fully saturated rings. The monoisotopic (exact) mass is 204 g/mol. The molecule has 0 heterocycles. The van der Waals surface area contributed by atoms with Crippen molar-refractivity contribution in [1.29, 1.82) is 0 Å². The average Bonchev–Trinajstić information content (AvgIpc) is 2.30. The maximum absolute atomic E-state index is 13.9. The molecule has 2 aromatic rings. The molecule has 0 aliphatic heterocycles. The van der Waals surface area contributed by atoms with Crippen LogP contribution in [0.1, 0.15) is 0 Å². The highest BCUT2D eigenvalue weighted by molar-refractivity contribution is 7.68. The van der Waals surface area contributed by atoms with Crippen LogP contribution in [0.15, 0.2) is 60.7 Å². The molecule has 0 amide bonds. The van der Waals surface area contributed by atoms with E-state index in [1.807, 2.05) is 60.7 Å². The van der Waals surface area contributed by atoms with E-state index in [1.165, 1.54) is 0 Å². The van der Waals surface area contributed by atoms with Gasteiger partial charge in [0.1, 0.15) is 8.23 Å². The van der Waals surface area contributed by atoms with E-state index >= 15 is 0 Å². The van der Waals surface area contributed by atoms with Crippen molar-refractivity contribution in [1.82, 2.24) is 0 Å².